The summed E-state index contributed by atoms with van der Waals surface area (Å²) >= 11 is 0. The smallest absolute Gasteiger partial charge is 0.251 e. The van der Waals surface area contributed by atoms with Gasteiger partial charge in [0.25, 0.3) is 5.91 Å². The number of aryl methyl sites for hydroxylation is 1. The van der Waals surface area contributed by atoms with Gasteiger partial charge in [-0.15, -0.1) is 0 Å². The maximum absolute atomic E-state index is 12.0. The van der Waals surface area contributed by atoms with Gasteiger partial charge in [-0.1, -0.05) is 18.8 Å². The van der Waals surface area contributed by atoms with Crippen molar-refractivity contribution >= 4 is 16.7 Å². The highest BCUT2D eigenvalue weighted by Gasteiger charge is 2.07. The Morgan fingerprint density at radius 1 is 1.40 bits per heavy atom. The van der Waals surface area contributed by atoms with Gasteiger partial charge in [0, 0.05) is 40.0 Å². The Morgan fingerprint density at radius 2 is 2.15 bits per heavy atom. The Balaban J connectivity index is 2.72. The predicted octanol–water partition coefficient (Wildman–Crippen LogP) is 0.837. The van der Waals surface area contributed by atoms with Crippen LogP contribution in [-0.4, -0.2) is 39.9 Å². The molecule has 4 nitrogen and oxygen atoms in total. The monoisotopic (exact) mass is 293 g/mol. The zero-order chi connectivity index (χ0) is 15.0. The second-order valence-corrected chi connectivity index (χ2v) is 6.10. The summed E-state index contributed by atoms with van der Waals surface area (Å²) in [5.74, 6) is 6.20. The highest BCUT2D eigenvalue weighted by Crippen LogP contribution is 2.09. The molecule has 0 fully saturated rings. The van der Waals surface area contributed by atoms with Crippen molar-refractivity contribution in [3.05, 3.63) is 34.9 Å². The van der Waals surface area contributed by atoms with Crippen LogP contribution in [0.3, 0.4) is 0 Å². The third-order valence-corrected chi connectivity index (χ3v) is 3.89. The minimum Gasteiger partial charge on any atom is -0.384 e. The zero-order valence-corrected chi connectivity index (χ0v) is 12.5. The highest BCUT2D eigenvalue weighted by atomic mass is 32.2. The Bertz CT molecular complexity index is 558. The van der Waals surface area contributed by atoms with E-state index in [1.807, 2.05) is 19.9 Å². The second-order valence-electron chi connectivity index (χ2n) is 4.24. The summed E-state index contributed by atoms with van der Waals surface area (Å²) in [6.45, 7) is 3.92. The fraction of sp³-hybridized carbons (Fsp3) is 0.400. The van der Waals surface area contributed by atoms with E-state index < -0.39 is 10.8 Å². The number of aliphatic hydroxyl groups is 1. The van der Waals surface area contributed by atoms with E-state index in [9.17, 15) is 9.00 Å². The van der Waals surface area contributed by atoms with Gasteiger partial charge < -0.3 is 10.4 Å². The molecule has 0 aromatic heterocycles. The molecule has 0 radical (unpaired) electrons. The maximum atomic E-state index is 12.0. The molecule has 1 aromatic rings. The van der Waals surface area contributed by atoms with Crippen LogP contribution >= 0.6 is 0 Å². The lowest BCUT2D eigenvalue weighted by Gasteiger charge is -2.06. The second kappa shape index (κ2) is 8.51. The first-order valence-electron chi connectivity index (χ1n) is 6.41. The molecule has 0 aliphatic carbocycles. The summed E-state index contributed by atoms with van der Waals surface area (Å²) in [6, 6.07) is 5.31. The summed E-state index contributed by atoms with van der Waals surface area (Å²) < 4.78 is 11.3. The molecule has 0 aliphatic heterocycles. The lowest BCUT2D eigenvalue weighted by Crippen LogP contribution is -2.28. The fourth-order valence-corrected chi connectivity index (χ4v) is 2.27. The summed E-state index contributed by atoms with van der Waals surface area (Å²) in [5, 5.41) is 11.4. The van der Waals surface area contributed by atoms with Crippen LogP contribution in [0.25, 0.3) is 0 Å². The van der Waals surface area contributed by atoms with Crippen LogP contribution in [0, 0.1) is 18.8 Å². The van der Waals surface area contributed by atoms with E-state index in [-0.39, 0.29) is 12.5 Å². The van der Waals surface area contributed by atoms with E-state index in [1.54, 1.807) is 12.1 Å². The number of rotatable bonds is 5. The first kappa shape index (κ1) is 16.4. The molecule has 0 saturated heterocycles. The maximum Gasteiger partial charge on any atom is 0.251 e. The Morgan fingerprint density at radius 3 is 2.80 bits per heavy atom. The molecule has 0 bridgehead atoms. The van der Waals surface area contributed by atoms with Gasteiger partial charge in [0.05, 0.1) is 0 Å². The molecule has 5 heteroatoms. The van der Waals surface area contributed by atoms with Crippen LogP contribution in [0.15, 0.2) is 18.2 Å². The number of aliphatic hydroxyl groups excluding tert-OH is 1. The third-order valence-electron chi connectivity index (χ3n) is 2.59. The van der Waals surface area contributed by atoms with Crippen molar-refractivity contribution in [2.75, 3.05) is 24.7 Å². The van der Waals surface area contributed by atoms with Crippen LogP contribution in [0.2, 0.25) is 0 Å². The Hall–Kier alpha value is -1.64. The quantitative estimate of drug-likeness (QED) is 0.791. The molecule has 0 aliphatic rings. The van der Waals surface area contributed by atoms with Gasteiger partial charge >= 0.3 is 0 Å². The van der Waals surface area contributed by atoms with Crippen LogP contribution in [0.1, 0.15) is 28.4 Å². The zero-order valence-electron chi connectivity index (χ0n) is 11.7. The predicted molar refractivity (Wildman–Crippen MR) is 81.0 cm³/mol. The van der Waals surface area contributed by atoms with Crippen molar-refractivity contribution in [3.8, 4) is 11.8 Å². The van der Waals surface area contributed by atoms with Gasteiger partial charge in [-0.3, -0.25) is 9.00 Å². The Kier molecular flexibility index (Phi) is 6.99. The van der Waals surface area contributed by atoms with Gasteiger partial charge in [0.1, 0.15) is 6.61 Å². The van der Waals surface area contributed by atoms with E-state index >= 15 is 0 Å². The van der Waals surface area contributed by atoms with Crippen LogP contribution in [0.5, 0.6) is 0 Å². The summed E-state index contributed by atoms with van der Waals surface area (Å²) in [5.41, 5.74) is 2.15. The van der Waals surface area contributed by atoms with E-state index in [1.165, 1.54) is 0 Å². The molecule has 1 rings (SSSR count). The number of hydrogen-bond donors (Lipinski definition) is 2. The van der Waals surface area contributed by atoms with Crippen molar-refractivity contribution in [2.24, 2.45) is 0 Å². The molecule has 0 spiro atoms. The topological polar surface area (TPSA) is 66.4 Å². The molecule has 108 valence electrons. The number of carbonyl (C=O) groups is 1. The minimum absolute atomic E-state index is 0.200. The number of benzene rings is 1. The van der Waals surface area contributed by atoms with E-state index in [0.717, 1.165) is 5.56 Å². The van der Waals surface area contributed by atoms with Gasteiger partial charge in [0.2, 0.25) is 0 Å². The molecular weight excluding hydrogens is 274 g/mol. The first-order chi connectivity index (χ1) is 9.56. The summed E-state index contributed by atoms with van der Waals surface area (Å²) in [7, 11) is -0.878. The minimum atomic E-state index is -0.878. The van der Waals surface area contributed by atoms with Crippen molar-refractivity contribution in [2.45, 2.75) is 13.8 Å². The lowest BCUT2D eigenvalue weighted by atomic mass is 10.1. The molecule has 1 unspecified atom stereocenters. The van der Waals surface area contributed by atoms with Crippen LogP contribution < -0.4 is 5.32 Å². The molecule has 1 aromatic carbocycles. The standard InChI is InChI=1S/C15H19NO3S/c1-3-20(19)8-6-16-15(18)14-10-12(2)9-13(11-14)5-4-7-17/h9-11,17H,3,6-8H2,1-2H3,(H,16,18). The molecule has 0 heterocycles. The molecule has 0 saturated carbocycles. The largest absolute Gasteiger partial charge is 0.384 e. The molecule has 1 amide bonds. The number of amides is 1. The summed E-state index contributed by atoms with van der Waals surface area (Å²) in [4.78, 5) is 12.0. The first-order valence-corrected chi connectivity index (χ1v) is 7.90. The fourth-order valence-electron chi connectivity index (χ4n) is 1.65. The van der Waals surface area contributed by atoms with Crippen molar-refractivity contribution in [3.63, 3.8) is 0 Å². The van der Waals surface area contributed by atoms with Crippen LogP contribution in [0.4, 0.5) is 0 Å². The van der Waals surface area contributed by atoms with Crippen molar-refractivity contribution in [1.82, 2.24) is 5.32 Å². The SMILES string of the molecule is CCS(=O)CCNC(=O)c1cc(C)cc(C#CCO)c1. The van der Waals surface area contributed by atoms with Crippen molar-refractivity contribution < 1.29 is 14.1 Å². The molecule has 1 atom stereocenters. The average molecular weight is 293 g/mol. The van der Waals surface area contributed by atoms with Gasteiger partial charge in [-0.25, -0.2) is 0 Å². The normalized spacial score (nSPS) is 11.3. The van der Waals surface area contributed by atoms with Crippen molar-refractivity contribution in [1.29, 1.82) is 0 Å². The molecular formula is C15H19NO3S. The van der Waals surface area contributed by atoms with Crippen LogP contribution in [-0.2, 0) is 10.8 Å². The summed E-state index contributed by atoms with van der Waals surface area (Å²) in [6.07, 6.45) is 0. The van der Waals surface area contributed by atoms with Gasteiger partial charge in [-0.2, -0.15) is 0 Å². The highest BCUT2D eigenvalue weighted by molar-refractivity contribution is 7.84. The molecule has 2 N–H and O–H groups in total. The van der Waals surface area contributed by atoms with Gasteiger partial charge in [0.15, 0.2) is 0 Å². The number of nitrogens with one attached hydrogen (secondary N) is 1. The average Bonchev–Trinajstić information content (AvgIpc) is 2.44. The lowest BCUT2D eigenvalue weighted by molar-refractivity contribution is 0.0956. The number of hydrogen-bond acceptors (Lipinski definition) is 3. The van der Waals surface area contributed by atoms with Gasteiger partial charge in [-0.05, 0) is 30.7 Å². The van der Waals surface area contributed by atoms with E-state index in [0.29, 0.717) is 29.2 Å². The van der Waals surface area contributed by atoms with E-state index in [4.69, 9.17) is 5.11 Å². The number of carbonyl (C=O) groups excluding carboxylic acids is 1. The van der Waals surface area contributed by atoms with E-state index in [2.05, 4.69) is 17.2 Å². The molecule has 20 heavy (non-hydrogen) atoms. The Labute approximate surface area is 122 Å². The third kappa shape index (κ3) is 5.55.